The van der Waals surface area contributed by atoms with Crippen LogP contribution in [-0.2, 0) is 0 Å². The van der Waals surface area contributed by atoms with Crippen LogP contribution in [0.5, 0.6) is 0 Å². The van der Waals surface area contributed by atoms with E-state index in [4.69, 9.17) is 17.3 Å². The fraction of sp³-hybridized carbons (Fsp3) is 0.600. The lowest BCUT2D eigenvalue weighted by Gasteiger charge is -2.34. The van der Waals surface area contributed by atoms with Gasteiger partial charge in [-0.15, -0.1) is 0 Å². The predicted octanol–water partition coefficient (Wildman–Crippen LogP) is 3.46. The van der Waals surface area contributed by atoms with Crippen LogP contribution in [-0.4, -0.2) is 24.0 Å². The molecule has 0 spiro atoms. The van der Waals surface area contributed by atoms with Gasteiger partial charge in [-0.25, -0.2) is 0 Å². The summed E-state index contributed by atoms with van der Waals surface area (Å²) in [4.78, 5) is 2.33. The zero-order valence-electron chi connectivity index (χ0n) is 11.5. The lowest BCUT2D eigenvalue weighted by Crippen LogP contribution is -2.49. The Bertz CT molecular complexity index is 395. The highest BCUT2D eigenvalue weighted by molar-refractivity contribution is 6.30. The first-order valence-corrected chi connectivity index (χ1v) is 7.02. The predicted molar refractivity (Wildman–Crippen MR) is 77.8 cm³/mol. The quantitative estimate of drug-likeness (QED) is 0.884. The van der Waals surface area contributed by atoms with Crippen molar-refractivity contribution < 1.29 is 0 Å². The molecule has 1 aromatic carbocycles. The molecule has 0 heterocycles. The molecule has 2 N–H and O–H groups in total. The SMILES string of the molecule is CC(c1ccc(Cl)cc1)N(C)CC(C)(N)C1CC1. The Kier molecular flexibility index (Phi) is 4.00. The molecule has 0 bridgehead atoms. The van der Waals surface area contributed by atoms with Gasteiger partial charge in [-0.05, 0) is 57.4 Å². The van der Waals surface area contributed by atoms with Gasteiger partial charge in [-0.1, -0.05) is 23.7 Å². The molecule has 0 aliphatic heterocycles. The molecule has 1 aliphatic rings. The summed E-state index contributed by atoms with van der Waals surface area (Å²) in [7, 11) is 2.15. The molecule has 0 saturated heterocycles. The summed E-state index contributed by atoms with van der Waals surface area (Å²) < 4.78 is 0. The highest BCUT2D eigenvalue weighted by Crippen LogP contribution is 2.39. The van der Waals surface area contributed by atoms with E-state index in [-0.39, 0.29) is 5.54 Å². The van der Waals surface area contributed by atoms with Crippen LogP contribution in [0.15, 0.2) is 24.3 Å². The maximum Gasteiger partial charge on any atom is 0.0406 e. The lowest BCUT2D eigenvalue weighted by molar-refractivity contribution is 0.193. The summed E-state index contributed by atoms with van der Waals surface area (Å²) in [5.41, 5.74) is 7.63. The Hall–Kier alpha value is -0.570. The summed E-state index contributed by atoms with van der Waals surface area (Å²) in [6.07, 6.45) is 2.58. The fourth-order valence-corrected chi connectivity index (χ4v) is 2.67. The summed E-state index contributed by atoms with van der Waals surface area (Å²) in [5, 5.41) is 0.787. The van der Waals surface area contributed by atoms with Gasteiger partial charge in [-0.3, -0.25) is 4.90 Å². The molecule has 1 fully saturated rings. The second-order valence-corrected chi connectivity index (χ2v) is 6.36. The number of benzene rings is 1. The van der Waals surface area contributed by atoms with Gasteiger partial charge in [0.05, 0.1) is 0 Å². The minimum Gasteiger partial charge on any atom is -0.324 e. The Morgan fingerprint density at radius 3 is 2.44 bits per heavy atom. The van der Waals surface area contributed by atoms with Gasteiger partial charge >= 0.3 is 0 Å². The summed E-state index contributed by atoms with van der Waals surface area (Å²) in [5.74, 6) is 0.706. The summed E-state index contributed by atoms with van der Waals surface area (Å²) >= 11 is 5.92. The van der Waals surface area contributed by atoms with Gasteiger partial charge in [0.25, 0.3) is 0 Å². The fourth-order valence-electron chi connectivity index (χ4n) is 2.54. The third kappa shape index (κ3) is 3.25. The van der Waals surface area contributed by atoms with E-state index in [0.717, 1.165) is 11.6 Å². The number of nitrogens with two attached hydrogens (primary N) is 1. The maximum absolute atomic E-state index is 6.40. The first kappa shape index (κ1) is 13.9. The van der Waals surface area contributed by atoms with Crippen LogP contribution >= 0.6 is 11.6 Å². The molecule has 0 radical (unpaired) electrons. The van der Waals surface area contributed by atoms with Crippen molar-refractivity contribution in [3.05, 3.63) is 34.9 Å². The van der Waals surface area contributed by atoms with Crippen LogP contribution in [0.2, 0.25) is 5.02 Å². The van der Waals surface area contributed by atoms with Crippen molar-refractivity contribution in [3.8, 4) is 0 Å². The monoisotopic (exact) mass is 266 g/mol. The van der Waals surface area contributed by atoms with Gasteiger partial charge in [0.2, 0.25) is 0 Å². The van der Waals surface area contributed by atoms with Crippen molar-refractivity contribution in [2.75, 3.05) is 13.6 Å². The topological polar surface area (TPSA) is 29.3 Å². The number of hydrogen-bond acceptors (Lipinski definition) is 2. The lowest BCUT2D eigenvalue weighted by atomic mass is 9.95. The van der Waals surface area contributed by atoms with Crippen LogP contribution in [0.25, 0.3) is 0 Å². The first-order valence-electron chi connectivity index (χ1n) is 6.65. The average molecular weight is 267 g/mol. The molecule has 2 unspecified atom stereocenters. The van der Waals surface area contributed by atoms with E-state index in [0.29, 0.717) is 12.0 Å². The van der Waals surface area contributed by atoms with Crippen molar-refractivity contribution in [3.63, 3.8) is 0 Å². The highest BCUT2D eigenvalue weighted by atomic mass is 35.5. The third-order valence-electron chi connectivity index (χ3n) is 4.11. The normalized spacial score (nSPS) is 20.8. The molecule has 2 nitrogen and oxygen atoms in total. The Morgan fingerprint density at radius 2 is 1.94 bits per heavy atom. The molecule has 1 aromatic rings. The molecule has 0 amide bonds. The standard InChI is InChI=1S/C15H23ClN2/c1-11(12-4-8-14(16)9-5-12)18(3)10-15(2,17)13-6-7-13/h4-5,8-9,11,13H,6-7,10,17H2,1-3H3. The van der Waals surface area contributed by atoms with E-state index in [9.17, 15) is 0 Å². The minimum atomic E-state index is -0.0601. The van der Waals surface area contributed by atoms with Crippen LogP contribution in [0.3, 0.4) is 0 Å². The largest absolute Gasteiger partial charge is 0.324 e. The average Bonchev–Trinajstić information content (AvgIpc) is 3.12. The summed E-state index contributed by atoms with van der Waals surface area (Å²) in [6.45, 7) is 5.32. The second-order valence-electron chi connectivity index (χ2n) is 5.92. The number of rotatable bonds is 5. The molecule has 0 aromatic heterocycles. The zero-order valence-corrected chi connectivity index (χ0v) is 12.2. The van der Waals surface area contributed by atoms with Gasteiger partial charge in [-0.2, -0.15) is 0 Å². The Labute approximate surface area is 115 Å². The number of nitrogens with zero attached hydrogens (tertiary/aromatic N) is 1. The molecule has 1 aliphatic carbocycles. The van der Waals surface area contributed by atoms with Crippen molar-refractivity contribution in [1.82, 2.24) is 4.90 Å². The molecule has 100 valence electrons. The van der Waals surface area contributed by atoms with Crippen molar-refractivity contribution in [2.24, 2.45) is 11.7 Å². The van der Waals surface area contributed by atoms with E-state index in [1.54, 1.807) is 0 Å². The first-order chi connectivity index (χ1) is 8.40. The minimum absolute atomic E-state index is 0.0601. The zero-order chi connectivity index (χ0) is 13.3. The maximum atomic E-state index is 6.40. The molecule has 2 atom stereocenters. The number of hydrogen-bond donors (Lipinski definition) is 1. The molecule has 1 saturated carbocycles. The molecular formula is C15H23ClN2. The Morgan fingerprint density at radius 1 is 1.39 bits per heavy atom. The van der Waals surface area contributed by atoms with E-state index >= 15 is 0 Å². The van der Waals surface area contributed by atoms with Crippen molar-refractivity contribution >= 4 is 11.6 Å². The van der Waals surface area contributed by atoms with Gasteiger partial charge in [0, 0.05) is 23.1 Å². The van der Waals surface area contributed by atoms with E-state index in [1.165, 1.54) is 18.4 Å². The Balaban J connectivity index is 1.99. The van der Waals surface area contributed by atoms with Gasteiger partial charge in [0.1, 0.15) is 0 Å². The number of likely N-dealkylation sites (N-methyl/N-ethyl adjacent to an activating group) is 1. The smallest absolute Gasteiger partial charge is 0.0406 e. The molecular weight excluding hydrogens is 244 g/mol. The summed E-state index contributed by atoms with van der Waals surface area (Å²) in [6, 6.07) is 8.44. The van der Waals surface area contributed by atoms with Crippen molar-refractivity contribution in [1.29, 1.82) is 0 Å². The van der Waals surface area contributed by atoms with E-state index in [2.05, 4.69) is 37.9 Å². The van der Waals surface area contributed by atoms with Gasteiger partial charge in [0.15, 0.2) is 0 Å². The molecule has 3 heteroatoms. The van der Waals surface area contributed by atoms with E-state index < -0.39 is 0 Å². The molecule has 18 heavy (non-hydrogen) atoms. The van der Waals surface area contributed by atoms with Gasteiger partial charge < -0.3 is 5.73 Å². The van der Waals surface area contributed by atoms with E-state index in [1.807, 2.05) is 12.1 Å². The molecule has 2 rings (SSSR count). The van der Waals surface area contributed by atoms with Crippen LogP contribution < -0.4 is 5.73 Å². The number of halogens is 1. The highest BCUT2D eigenvalue weighted by Gasteiger charge is 2.39. The van der Waals surface area contributed by atoms with Crippen molar-refractivity contribution in [2.45, 2.75) is 38.3 Å². The van der Waals surface area contributed by atoms with Crippen LogP contribution in [0, 0.1) is 5.92 Å². The second kappa shape index (κ2) is 5.20. The third-order valence-corrected chi connectivity index (χ3v) is 4.37. The van der Waals surface area contributed by atoms with Crippen LogP contribution in [0.1, 0.15) is 38.3 Å². The van der Waals surface area contributed by atoms with Crippen LogP contribution in [0.4, 0.5) is 0 Å².